The molecule has 0 aliphatic carbocycles. The average molecular weight is 414 g/mol. The molecule has 1 aliphatic heterocycles. The second-order valence-corrected chi connectivity index (χ2v) is 8.52. The van der Waals surface area contributed by atoms with Crippen LogP contribution in [0.5, 0.6) is 0 Å². The van der Waals surface area contributed by atoms with E-state index in [0.717, 1.165) is 71.8 Å². The molecule has 0 spiro atoms. The fourth-order valence-corrected chi connectivity index (χ4v) is 4.56. The van der Waals surface area contributed by atoms with Crippen LogP contribution in [0.2, 0.25) is 0 Å². The molecule has 0 bridgehead atoms. The van der Waals surface area contributed by atoms with Gasteiger partial charge in [-0.15, -0.1) is 10.2 Å². The molecule has 0 amide bonds. The first-order valence-electron chi connectivity index (χ1n) is 10.9. The van der Waals surface area contributed by atoms with Crippen molar-refractivity contribution in [3.05, 3.63) is 64.9 Å². The number of fused-ring (bicyclic) bond motifs is 1. The first-order valence-corrected chi connectivity index (χ1v) is 10.9. The van der Waals surface area contributed by atoms with Crippen molar-refractivity contribution >= 4 is 11.0 Å². The lowest BCUT2D eigenvalue weighted by atomic mass is 9.93. The molecule has 5 rings (SSSR count). The molecule has 1 N–H and O–H groups in total. The van der Waals surface area contributed by atoms with Crippen molar-refractivity contribution in [1.82, 2.24) is 35.3 Å². The Morgan fingerprint density at radius 1 is 1.03 bits per heavy atom. The van der Waals surface area contributed by atoms with E-state index in [9.17, 15) is 0 Å². The van der Waals surface area contributed by atoms with E-state index in [2.05, 4.69) is 43.3 Å². The maximum atomic E-state index is 4.72. The van der Waals surface area contributed by atoms with Crippen LogP contribution < -0.4 is 0 Å². The molecule has 3 aromatic heterocycles. The highest BCUT2D eigenvalue weighted by Gasteiger charge is 2.23. The van der Waals surface area contributed by atoms with Gasteiger partial charge in [0.05, 0.1) is 17.8 Å². The molecule has 31 heavy (non-hydrogen) atoms. The molecule has 1 aliphatic rings. The fraction of sp³-hybridized carbons (Fsp3) is 0.375. The molecular weight excluding hydrogens is 386 g/mol. The highest BCUT2D eigenvalue weighted by Crippen LogP contribution is 2.31. The Morgan fingerprint density at radius 2 is 1.87 bits per heavy atom. The number of likely N-dealkylation sites (tertiary alicyclic amines) is 1. The Kier molecular flexibility index (Phi) is 5.19. The second kappa shape index (κ2) is 8.15. The quantitative estimate of drug-likeness (QED) is 0.542. The minimum absolute atomic E-state index is 0.494. The zero-order valence-corrected chi connectivity index (χ0v) is 18.3. The summed E-state index contributed by atoms with van der Waals surface area (Å²) in [5, 5.41) is 16.7. The van der Waals surface area contributed by atoms with Crippen LogP contribution in [0.4, 0.5) is 0 Å². The molecular formula is C24H27N7. The molecule has 4 aromatic rings. The summed E-state index contributed by atoms with van der Waals surface area (Å²) in [4.78, 5) is 11.6. The third kappa shape index (κ3) is 3.93. The predicted octanol–water partition coefficient (Wildman–Crippen LogP) is 4.11. The van der Waals surface area contributed by atoms with Crippen LogP contribution in [0.15, 0.2) is 36.5 Å². The molecule has 0 radical (unpaired) electrons. The summed E-state index contributed by atoms with van der Waals surface area (Å²) < 4.78 is 0. The zero-order chi connectivity index (χ0) is 21.4. The maximum absolute atomic E-state index is 4.72. The normalized spacial score (nSPS) is 15.6. The zero-order valence-electron chi connectivity index (χ0n) is 18.3. The van der Waals surface area contributed by atoms with Crippen LogP contribution in [0, 0.1) is 20.8 Å². The summed E-state index contributed by atoms with van der Waals surface area (Å²) in [6.45, 7) is 8.97. The van der Waals surface area contributed by atoms with Crippen LogP contribution in [-0.4, -0.2) is 48.4 Å². The third-order valence-corrected chi connectivity index (χ3v) is 6.33. The van der Waals surface area contributed by atoms with E-state index in [0.29, 0.717) is 5.92 Å². The largest absolute Gasteiger partial charge is 0.296 e. The number of hydrogen-bond acceptors (Lipinski definition) is 6. The molecule has 0 unspecified atom stereocenters. The number of pyridine rings is 1. The summed E-state index contributed by atoms with van der Waals surface area (Å²) >= 11 is 0. The summed E-state index contributed by atoms with van der Waals surface area (Å²) in [5.74, 6) is 1.29. The lowest BCUT2D eigenvalue weighted by Gasteiger charge is -2.30. The number of nitrogens with zero attached hydrogens (tertiary/aromatic N) is 6. The monoisotopic (exact) mass is 413 g/mol. The highest BCUT2D eigenvalue weighted by atomic mass is 15.2. The van der Waals surface area contributed by atoms with Gasteiger partial charge in [-0.05, 0) is 76.0 Å². The fourth-order valence-electron chi connectivity index (χ4n) is 4.56. The van der Waals surface area contributed by atoms with Crippen LogP contribution >= 0.6 is 0 Å². The average Bonchev–Trinajstić information content (AvgIpc) is 3.24. The van der Waals surface area contributed by atoms with E-state index in [-0.39, 0.29) is 0 Å². The summed E-state index contributed by atoms with van der Waals surface area (Å²) in [5.41, 5.74) is 8.50. The Labute approximate surface area is 182 Å². The van der Waals surface area contributed by atoms with E-state index in [1.54, 1.807) is 0 Å². The van der Waals surface area contributed by atoms with Gasteiger partial charge in [0.2, 0.25) is 0 Å². The number of aryl methyl sites for hydroxylation is 3. The number of aromatic nitrogens is 6. The number of aromatic amines is 1. The summed E-state index contributed by atoms with van der Waals surface area (Å²) in [7, 11) is 0. The molecule has 4 heterocycles. The van der Waals surface area contributed by atoms with E-state index in [1.807, 2.05) is 44.3 Å². The topological polar surface area (TPSA) is 83.5 Å². The van der Waals surface area contributed by atoms with Gasteiger partial charge < -0.3 is 0 Å². The van der Waals surface area contributed by atoms with E-state index in [4.69, 9.17) is 4.98 Å². The smallest absolute Gasteiger partial charge is 0.165 e. The van der Waals surface area contributed by atoms with Gasteiger partial charge in [-0.25, -0.2) is 4.98 Å². The lowest BCUT2D eigenvalue weighted by molar-refractivity contribution is 0.198. The first-order chi connectivity index (χ1) is 15.1. The van der Waals surface area contributed by atoms with Gasteiger partial charge in [-0.3, -0.25) is 15.0 Å². The molecule has 1 saturated heterocycles. The third-order valence-electron chi connectivity index (χ3n) is 6.33. The number of rotatable bonds is 4. The van der Waals surface area contributed by atoms with E-state index >= 15 is 0 Å². The van der Waals surface area contributed by atoms with Crippen molar-refractivity contribution in [2.75, 3.05) is 13.1 Å². The van der Waals surface area contributed by atoms with Crippen LogP contribution in [0.3, 0.4) is 0 Å². The number of piperidine rings is 1. The summed E-state index contributed by atoms with van der Waals surface area (Å²) in [6.07, 6.45) is 4.03. The molecule has 158 valence electrons. The minimum atomic E-state index is 0.494. The Hall–Kier alpha value is -3.19. The molecule has 7 heteroatoms. The van der Waals surface area contributed by atoms with Crippen LogP contribution in [0.25, 0.3) is 22.3 Å². The van der Waals surface area contributed by atoms with Crippen molar-refractivity contribution in [2.24, 2.45) is 0 Å². The van der Waals surface area contributed by atoms with Crippen LogP contribution in [0.1, 0.15) is 47.1 Å². The van der Waals surface area contributed by atoms with Gasteiger partial charge >= 0.3 is 0 Å². The van der Waals surface area contributed by atoms with Crippen LogP contribution in [-0.2, 0) is 6.54 Å². The maximum Gasteiger partial charge on any atom is 0.165 e. The predicted molar refractivity (Wildman–Crippen MR) is 121 cm³/mol. The van der Waals surface area contributed by atoms with E-state index < -0.39 is 0 Å². The van der Waals surface area contributed by atoms with Crippen molar-refractivity contribution in [1.29, 1.82) is 0 Å². The van der Waals surface area contributed by atoms with Gasteiger partial charge in [0.15, 0.2) is 5.82 Å². The molecule has 7 nitrogen and oxygen atoms in total. The lowest BCUT2D eigenvalue weighted by Crippen LogP contribution is -2.33. The van der Waals surface area contributed by atoms with Crippen molar-refractivity contribution in [3.8, 4) is 11.3 Å². The van der Waals surface area contributed by atoms with E-state index in [1.165, 1.54) is 11.3 Å². The Morgan fingerprint density at radius 3 is 2.68 bits per heavy atom. The van der Waals surface area contributed by atoms with Gasteiger partial charge in [-0.1, -0.05) is 12.1 Å². The van der Waals surface area contributed by atoms with Gasteiger partial charge in [0, 0.05) is 29.1 Å². The molecule has 1 fully saturated rings. The SMILES string of the molecule is Cc1ccnc(C)c1-c1cc(C2CCN(Cc3nnc4c(C)cccc4n3)CC2)[nH]n1. The van der Waals surface area contributed by atoms with Crippen molar-refractivity contribution in [2.45, 2.75) is 46.1 Å². The number of nitrogens with one attached hydrogen (secondary N) is 1. The van der Waals surface area contributed by atoms with Gasteiger partial charge in [-0.2, -0.15) is 5.10 Å². The van der Waals surface area contributed by atoms with Gasteiger partial charge in [0.1, 0.15) is 5.52 Å². The highest BCUT2D eigenvalue weighted by molar-refractivity contribution is 5.76. The number of hydrogen-bond donors (Lipinski definition) is 1. The standard InChI is InChI=1S/C24H27N7/c1-15-7-10-25-17(3)23(15)21-13-20(27-28-21)18-8-11-31(12-9-18)14-22-26-19-6-4-5-16(2)24(19)30-29-22/h4-7,10,13,18H,8-9,11-12,14H2,1-3H3,(H,27,28). The Bertz CT molecular complexity index is 1200. The second-order valence-electron chi connectivity index (χ2n) is 8.52. The first kappa shape index (κ1) is 19.8. The van der Waals surface area contributed by atoms with Gasteiger partial charge in [0.25, 0.3) is 0 Å². The molecule has 0 atom stereocenters. The number of benzene rings is 1. The summed E-state index contributed by atoms with van der Waals surface area (Å²) in [6, 6.07) is 10.3. The van der Waals surface area contributed by atoms with Crippen molar-refractivity contribution in [3.63, 3.8) is 0 Å². The molecule has 0 saturated carbocycles. The number of H-pyrrole nitrogens is 1. The molecule has 1 aromatic carbocycles. The minimum Gasteiger partial charge on any atom is -0.296 e. The Balaban J connectivity index is 1.25. The van der Waals surface area contributed by atoms with Crippen molar-refractivity contribution < 1.29 is 0 Å².